The Bertz CT molecular complexity index is 936. The first-order valence-corrected chi connectivity index (χ1v) is 9.33. The van der Waals surface area contributed by atoms with E-state index >= 15 is 0 Å². The Hall–Kier alpha value is -3.47. The molecule has 0 saturated carbocycles. The minimum Gasteiger partial charge on any atom is -0.448 e. The van der Waals surface area contributed by atoms with Crippen LogP contribution in [0.25, 0.3) is 0 Å². The van der Waals surface area contributed by atoms with Crippen LogP contribution in [0.15, 0.2) is 45.2 Å². The number of pyridine rings is 1. The number of carbonyl (C=O) groups is 1. The molecule has 3 rings (SSSR count). The van der Waals surface area contributed by atoms with E-state index in [0.717, 1.165) is 6.07 Å². The van der Waals surface area contributed by atoms with E-state index in [0.29, 0.717) is 38.4 Å². The van der Waals surface area contributed by atoms with Crippen molar-refractivity contribution < 1.29 is 13.6 Å². The van der Waals surface area contributed by atoms with Crippen molar-refractivity contribution in [3.63, 3.8) is 0 Å². The third-order valence-corrected chi connectivity index (χ3v) is 4.91. The van der Waals surface area contributed by atoms with Gasteiger partial charge in [0.25, 0.3) is 0 Å². The first-order valence-electron chi connectivity index (χ1n) is 9.33. The van der Waals surface area contributed by atoms with Crippen LogP contribution >= 0.6 is 0 Å². The number of primary amides is 1. The smallest absolute Gasteiger partial charge is 0.233 e. The van der Waals surface area contributed by atoms with E-state index in [1.165, 1.54) is 31.0 Å². The molecule has 0 aromatic carbocycles. The lowest BCUT2D eigenvalue weighted by molar-refractivity contribution is -0.118. The van der Waals surface area contributed by atoms with Gasteiger partial charge in [-0.25, -0.2) is 15.0 Å². The Morgan fingerprint density at radius 1 is 1.37 bits per heavy atom. The third kappa shape index (κ3) is 5.32. The maximum Gasteiger partial charge on any atom is 0.233 e. The number of aromatic nitrogens is 2. The lowest BCUT2D eigenvalue weighted by Crippen LogP contribution is -2.45. The fraction of sp³-hybridized carbons (Fsp3) is 0.368. The molecule has 11 heteroatoms. The van der Waals surface area contributed by atoms with E-state index in [2.05, 4.69) is 24.9 Å². The SMILES string of the molecule is N=CC1(N=CC(C(N)=O)C(N)=Nc2ccnc(F)c2)CCN(Cc2ncco2)CC1. The van der Waals surface area contributed by atoms with Crippen molar-refractivity contribution in [3.05, 3.63) is 42.6 Å². The van der Waals surface area contributed by atoms with E-state index in [9.17, 15) is 9.18 Å². The maximum absolute atomic E-state index is 13.2. The highest BCUT2D eigenvalue weighted by Gasteiger charge is 2.33. The Morgan fingerprint density at radius 3 is 2.73 bits per heavy atom. The Morgan fingerprint density at radius 2 is 2.13 bits per heavy atom. The largest absolute Gasteiger partial charge is 0.448 e. The lowest BCUT2D eigenvalue weighted by Gasteiger charge is -2.36. The van der Waals surface area contributed by atoms with Gasteiger partial charge in [0.15, 0.2) is 0 Å². The summed E-state index contributed by atoms with van der Waals surface area (Å²) in [5.41, 5.74) is 10.8. The van der Waals surface area contributed by atoms with Crippen LogP contribution in [0.4, 0.5) is 10.1 Å². The number of nitrogens with two attached hydrogens (primary N) is 2. The topological polar surface area (TPSA) is 160 Å². The van der Waals surface area contributed by atoms with E-state index in [1.54, 1.807) is 6.20 Å². The molecular weight excluding hydrogens is 391 g/mol. The van der Waals surface area contributed by atoms with E-state index < -0.39 is 23.3 Å². The average Bonchev–Trinajstić information content (AvgIpc) is 3.22. The van der Waals surface area contributed by atoms with Gasteiger partial charge >= 0.3 is 0 Å². The number of amides is 1. The molecule has 1 aliphatic rings. The van der Waals surface area contributed by atoms with Gasteiger partial charge in [0.05, 0.1) is 24.0 Å². The number of aliphatic imine (C=N–C) groups is 2. The summed E-state index contributed by atoms with van der Waals surface area (Å²) in [5, 5.41) is 7.85. The summed E-state index contributed by atoms with van der Waals surface area (Å²) < 4.78 is 18.5. The predicted molar refractivity (Wildman–Crippen MR) is 109 cm³/mol. The first kappa shape index (κ1) is 21.2. The van der Waals surface area contributed by atoms with Gasteiger partial charge in [-0.05, 0) is 18.9 Å². The highest BCUT2D eigenvalue weighted by molar-refractivity contribution is 6.14. The number of halogens is 1. The molecule has 0 bridgehead atoms. The van der Waals surface area contributed by atoms with Crippen LogP contribution in [0, 0.1) is 17.3 Å². The molecule has 10 nitrogen and oxygen atoms in total. The molecule has 0 radical (unpaired) electrons. The number of rotatable bonds is 8. The van der Waals surface area contributed by atoms with E-state index in [4.69, 9.17) is 21.3 Å². The summed E-state index contributed by atoms with van der Waals surface area (Å²) in [5.74, 6) is -2.02. The Balaban J connectivity index is 1.70. The van der Waals surface area contributed by atoms with Crippen molar-refractivity contribution in [1.82, 2.24) is 14.9 Å². The van der Waals surface area contributed by atoms with Crippen molar-refractivity contribution in [2.45, 2.75) is 24.9 Å². The van der Waals surface area contributed by atoms with Gasteiger partial charge in [0.1, 0.15) is 18.0 Å². The quantitative estimate of drug-likeness (QED) is 0.332. The fourth-order valence-corrected chi connectivity index (χ4v) is 3.13. The predicted octanol–water partition coefficient (Wildman–Crippen LogP) is 1.05. The van der Waals surface area contributed by atoms with Crippen molar-refractivity contribution >= 4 is 29.9 Å². The van der Waals surface area contributed by atoms with Crippen LogP contribution < -0.4 is 11.5 Å². The van der Waals surface area contributed by atoms with Crippen LogP contribution in [0.5, 0.6) is 0 Å². The molecule has 1 fully saturated rings. The Kier molecular flexibility index (Phi) is 6.62. The van der Waals surface area contributed by atoms with Crippen LogP contribution in [0.1, 0.15) is 18.7 Å². The summed E-state index contributed by atoms with van der Waals surface area (Å²) in [6, 6.07) is 2.54. The summed E-state index contributed by atoms with van der Waals surface area (Å²) in [7, 11) is 0. The number of piperidine rings is 1. The number of hydrogen-bond acceptors (Lipinski definition) is 8. The zero-order valence-electron chi connectivity index (χ0n) is 16.2. The van der Waals surface area contributed by atoms with Crippen LogP contribution in [0.2, 0.25) is 0 Å². The molecule has 0 spiro atoms. The number of amidine groups is 1. The van der Waals surface area contributed by atoms with E-state index in [1.807, 2.05) is 0 Å². The van der Waals surface area contributed by atoms with Gasteiger partial charge in [0.2, 0.25) is 17.7 Å². The zero-order chi connectivity index (χ0) is 21.6. The molecule has 1 amide bonds. The fourth-order valence-electron chi connectivity index (χ4n) is 3.13. The molecule has 1 aliphatic heterocycles. The summed E-state index contributed by atoms with van der Waals surface area (Å²) >= 11 is 0. The van der Waals surface area contributed by atoms with Crippen LogP contribution in [0.3, 0.4) is 0 Å². The van der Waals surface area contributed by atoms with Crippen molar-refractivity contribution in [2.75, 3.05) is 13.1 Å². The second-order valence-corrected chi connectivity index (χ2v) is 6.98. The van der Waals surface area contributed by atoms with Gasteiger partial charge in [-0.1, -0.05) is 0 Å². The molecular formula is C19H23FN8O2. The van der Waals surface area contributed by atoms with Crippen molar-refractivity contribution in [3.8, 4) is 0 Å². The molecule has 1 unspecified atom stereocenters. The summed E-state index contributed by atoms with van der Waals surface area (Å²) in [4.78, 5) is 30.1. The van der Waals surface area contributed by atoms with Crippen LogP contribution in [-0.4, -0.2) is 57.7 Å². The molecule has 1 saturated heterocycles. The number of nitrogens with one attached hydrogen (secondary N) is 1. The standard InChI is InChI=1S/C19H23FN8O2/c20-15-9-13(1-4-24-15)27-17(22)14(18(23)29)10-26-19(12-21)2-6-28(7-3-19)11-16-25-5-8-30-16/h1,4-5,8-10,12,14,21H,2-3,6-7,11H2,(H2,23,29)(H2,22,24,27). The monoisotopic (exact) mass is 414 g/mol. The molecule has 3 heterocycles. The van der Waals surface area contributed by atoms with Crippen LogP contribution in [-0.2, 0) is 11.3 Å². The molecule has 1 atom stereocenters. The molecule has 0 aliphatic carbocycles. The minimum atomic E-state index is -1.08. The molecule has 5 N–H and O–H groups in total. The van der Waals surface area contributed by atoms with Crippen molar-refractivity contribution in [2.24, 2.45) is 27.4 Å². The molecule has 158 valence electrons. The van der Waals surface area contributed by atoms with Gasteiger partial charge in [-0.2, -0.15) is 4.39 Å². The van der Waals surface area contributed by atoms with E-state index in [-0.39, 0.29) is 11.5 Å². The van der Waals surface area contributed by atoms with Gasteiger partial charge in [-0.3, -0.25) is 14.7 Å². The highest BCUT2D eigenvalue weighted by atomic mass is 19.1. The summed E-state index contributed by atoms with van der Waals surface area (Å²) in [6.45, 7) is 1.93. The Labute approximate surface area is 172 Å². The number of hydrogen-bond donors (Lipinski definition) is 3. The highest BCUT2D eigenvalue weighted by Crippen LogP contribution is 2.25. The van der Waals surface area contributed by atoms with Gasteiger partial charge < -0.3 is 21.3 Å². The molecule has 2 aromatic rings. The zero-order valence-corrected chi connectivity index (χ0v) is 16.2. The van der Waals surface area contributed by atoms with Crippen molar-refractivity contribution in [1.29, 1.82) is 5.41 Å². The number of carbonyl (C=O) groups excluding carboxylic acids is 1. The van der Waals surface area contributed by atoms with Gasteiger partial charge in [-0.15, -0.1) is 0 Å². The third-order valence-electron chi connectivity index (χ3n) is 4.91. The summed E-state index contributed by atoms with van der Waals surface area (Å²) in [6.07, 6.45) is 8.12. The molecule has 30 heavy (non-hydrogen) atoms. The normalized spacial score (nSPS) is 18.4. The number of oxazole rings is 1. The second kappa shape index (κ2) is 9.35. The average molecular weight is 414 g/mol. The maximum atomic E-state index is 13.2. The second-order valence-electron chi connectivity index (χ2n) is 6.98. The molecule has 2 aromatic heterocycles. The minimum absolute atomic E-state index is 0.113. The number of nitrogens with zero attached hydrogens (tertiary/aromatic N) is 5. The number of likely N-dealkylation sites (tertiary alicyclic amines) is 1. The lowest BCUT2D eigenvalue weighted by atomic mass is 9.89. The first-order chi connectivity index (χ1) is 14.4. The van der Waals surface area contributed by atoms with Gasteiger partial charge in [0, 0.05) is 37.8 Å².